The topological polar surface area (TPSA) is 93.4 Å². The van der Waals surface area contributed by atoms with Crippen molar-refractivity contribution in [1.29, 1.82) is 0 Å². The fourth-order valence-electron chi connectivity index (χ4n) is 2.75. The van der Waals surface area contributed by atoms with Crippen molar-refractivity contribution in [3.63, 3.8) is 0 Å². The zero-order chi connectivity index (χ0) is 14.8. The first kappa shape index (κ1) is 16.9. The molecule has 0 aromatic rings. The average molecular weight is 285 g/mol. The molecule has 0 bridgehead atoms. The van der Waals surface area contributed by atoms with Crippen LogP contribution in [0.25, 0.3) is 0 Å². The molecule has 0 atom stereocenters. The Labute approximate surface area is 120 Å². The molecule has 0 spiro atoms. The van der Waals surface area contributed by atoms with Crippen LogP contribution in [0.1, 0.15) is 38.5 Å². The predicted octanol–water partition coefficient (Wildman–Crippen LogP) is 0.165. The molecule has 1 rings (SSSR count). The standard InChI is InChI=1S/C14H27N3O3/c1-20-13(19)9-14(5-3-2-4-6-14)11-17-12(18)10-16-8-7-15/h16H,2-11,15H2,1H3,(H,17,18). The van der Waals surface area contributed by atoms with Crippen LogP contribution in [0, 0.1) is 5.41 Å². The number of methoxy groups -OCH3 is 1. The minimum Gasteiger partial charge on any atom is -0.469 e. The van der Waals surface area contributed by atoms with Crippen molar-refractivity contribution in [2.24, 2.45) is 11.1 Å². The second-order valence-corrected chi connectivity index (χ2v) is 5.56. The van der Waals surface area contributed by atoms with Gasteiger partial charge in [-0.25, -0.2) is 0 Å². The highest BCUT2D eigenvalue weighted by atomic mass is 16.5. The highest BCUT2D eigenvalue weighted by Crippen LogP contribution is 2.39. The van der Waals surface area contributed by atoms with Crippen molar-refractivity contribution in [3.8, 4) is 0 Å². The summed E-state index contributed by atoms with van der Waals surface area (Å²) in [5.41, 5.74) is 5.22. The van der Waals surface area contributed by atoms with Gasteiger partial charge in [-0.2, -0.15) is 0 Å². The Kier molecular flexibility index (Phi) is 7.54. The van der Waals surface area contributed by atoms with Gasteiger partial charge in [0.2, 0.25) is 5.91 Å². The SMILES string of the molecule is COC(=O)CC1(CNC(=O)CNCCN)CCCCC1. The van der Waals surface area contributed by atoms with Gasteiger partial charge >= 0.3 is 5.97 Å². The van der Waals surface area contributed by atoms with Crippen molar-refractivity contribution < 1.29 is 14.3 Å². The highest BCUT2D eigenvalue weighted by molar-refractivity contribution is 5.78. The molecule has 6 nitrogen and oxygen atoms in total. The van der Waals surface area contributed by atoms with Crippen molar-refractivity contribution in [3.05, 3.63) is 0 Å². The lowest BCUT2D eigenvalue weighted by Gasteiger charge is -2.36. The van der Waals surface area contributed by atoms with E-state index in [1.165, 1.54) is 13.5 Å². The third-order valence-electron chi connectivity index (χ3n) is 3.93. The van der Waals surface area contributed by atoms with Gasteiger partial charge in [0.1, 0.15) is 0 Å². The summed E-state index contributed by atoms with van der Waals surface area (Å²) >= 11 is 0. The molecule has 0 aromatic heterocycles. The van der Waals surface area contributed by atoms with Gasteiger partial charge in [-0.15, -0.1) is 0 Å². The van der Waals surface area contributed by atoms with Crippen LogP contribution in [0.4, 0.5) is 0 Å². The smallest absolute Gasteiger partial charge is 0.306 e. The minimum absolute atomic E-state index is 0.0479. The summed E-state index contributed by atoms with van der Waals surface area (Å²) in [5, 5.41) is 5.89. The average Bonchev–Trinajstić information content (AvgIpc) is 2.46. The first-order chi connectivity index (χ1) is 9.62. The van der Waals surface area contributed by atoms with Crippen LogP contribution in [0.5, 0.6) is 0 Å². The zero-order valence-electron chi connectivity index (χ0n) is 12.4. The normalized spacial score (nSPS) is 17.5. The quantitative estimate of drug-likeness (QED) is 0.436. The number of hydrogen-bond acceptors (Lipinski definition) is 5. The lowest BCUT2D eigenvalue weighted by atomic mass is 9.71. The number of carbonyl (C=O) groups excluding carboxylic acids is 2. The number of esters is 1. The molecule has 1 saturated carbocycles. The van der Waals surface area contributed by atoms with E-state index in [1.807, 2.05) is 0 Å². The molecule has 4 N–H and O–H groups in total. The molecule has 116 valence electrons. The summed E-state index contributed by atoms with van der Waals surface area (Å²) in [6.07, 6.45) is 5.75. The van der Waals surface area contributed by atoms with Crippen molar-refractivity contribution in [2.75, 3.05) is 33.3 Å². The van der Waals surface area contributed by atoms with Crippen LogP contribution < -0.4 is 16.4 Å². The Hall–Kier alpha value is -1.14. The first-order valence-electron chi connectivity index (χ1n) is 7.36. The van der Waals surface area contributed by atoms with E-state index in [0.717, 1.165) is 25.7 Å². The summed E-state index contributed by atoms with van der Waals surface area (Å²) in [7, 11) is 1.41. The molecule has 1 aliphatic rings. The summed E-state index contributed by atoms with van der Waals surface area (Å²) in [4.78, 5) is 23.3. The Balaban J connectivity index is 2.44. The second-order valence-electron chi connectivity index (χ2n) is 5.56. The molecule has 1 aliphatic carbocycles. The summed E-state index contributed by atoms with van der Waals surface area (Å²) in [5.74, 6) is -0.240. The molecular formula is C14H27N3O3. The fourth-order valence-corrected chi connectivity index (χ4v) is 2.75. The Bertz CT molecular complexity index is 315. The van der Waals surface area contributed by atoms with Gasteiger partial charge in [0.05, 0.1) is 20.1 Å². The fraction of sp³-hybridized carbons (Fsp3) is 0.857. The zero-order valence-corrected chi connectivity index (χ0v) is 12.4. The maximum Gasteiger partial charge on any atom is 0.306 e. The van der Waals surface area contributed by atoms with Gasteiger partial charge in [0.15, 0.2) is 0 Å². The van der Waals surface area contributed by atoms with Crippen LogP contribution in [-0.2, 0) is 14.3 Å². The lowest BCUT2D eigenvalue weighted by Crippen LogP contribution is -2.43. The number of hydrogen-bond donors (Lipinski definition) is 3. The maximum absolute atomic E-state index is 11.7. The maximum atomic E-state index is 11.7. The van der Waals surface area contributed by atoms with E-state index < -0.39 is 0 Å². The summed E-state index contributed by atoms with van der Waals surface area (Å²) < 4.78 is 4.79. The third kappa shape index (κ3) is 5.88. The molecule has 0 unspecified atom stereocenters. The van der Waals surface area contributed by atoms with E-state index in [9.17, 15) is 9.59 Å². The molecule has 0 aliphatic heterocycles. The molecule has 20 heavy (non-hydrogen) atoms. The molecule has 6 heteroatoms. The number of nitrogens with two attached hydrogens (primary N) is 1. The molecule has 0 saturated heterocycles. The van der Waals surface area contributed by atoms with Crippen molar-refractivity contribution in [1.82, 2.24) is 10.6 Å². The third-order valence-corrected chi connectivity index (χ3v) is 3.93. The van der Waals surface area contributed by atoms with Gasteiger partial charge in [-0.1, -0.05) is 19.3 Å². The van der Waals surface area contributed by atoms with Gasteiger partial charge in [-0.3, -0.25) is 9.59 Å². The number of rotatable bonds is 8. The van der Waals surface area contributed by atoms with E-state index in [-0.39, 0.29) is 23.8 Å². The minimum atomic E-state index is -0.192. The van der Waals surface area contributed by atoms with Gasteiger partial charge in [-0.05, 0) is 18.3 Å². The predicted molar refractivity (Wildman–Crippen MR) is 77.1 cm³/mol. The molecule has 0 aromatic carbocycles. The molecule has 0 heterocycles. The summed E-state index contributed by atoms with van der Waals surface area (Å²) in [6, 6.07) is 0. The molecule has 1 amide bonds. The Morgan fingerprint density at radius 3 is 2.55 bits per heavy atom. The van der Waals surface area contributed by atoms with Crippen LogP contribution in [-0.4, -0.2) is 45.2 Å². The van der Waals surface area contributed by atoms with E-state index in [0.29, 0.717) is 26.1 Å². The second kappa shape index (κ2) is 8.92. The number of ether oxygens (including phenoxy) is 1. The van der Waals surface area contributed by atoms with E-state index >= 15 is 0 Å². The van der Waals surface area contributed by atoms with Crippen molar-refractivity contribution >= 4 is 11.9 Å². The van der Waals surface area contributed by atoms with Gasteiger partial charge < -0.3 is 21.1 Å². The number of amides is 1. The van der Waals surface area contributed by atoms with E-state index in [2.05, 4.69) is 10.6 Å². The lowest BCUT2D eigenvalue weighted by molar-refractivity contribution is -0.144. The monoisotopic (exact) mass is 285 g/mol. The van der Waals surface area contributed by atoms with E-state index in [4.69, 9.17) is 10.5 Å². The van der Waals surface area contributed by atoms with Gasteiger partial charge in [0.25, 0.3) is 0 Å². The Morgan fingerprint density at radius 2 is 1.95 bits per heavy atom. The van der Waals surface area contributed by atoms with Crippen LogP contribution >= 0.6 is 0 Å². The first-order valence-corrected chi connectivity index (χ1v) is 7.36. The largest absolute Gasteiger partial charge is 0.469 e. The Morgan fingerprint density at radius 1 is 1.25 bits per heavy atom. The van der Waals surface area contributed by atoms with Crippen molar-refractivity contribution in [2.45, 2.75) is 38.5 Å². The van der Waals surface area contributed by atoms with Crippen LogP contribution in [0.15, 0.2) is 0 Å². The summed E-state index contributed by atoms with van der Waals surface area (Å²) in [6.45, 7) is 1.96. The molecule has 1 fully saturated rings. The molecular weight excluding hydrogens is 258 g/mol. The van der Waals surface area contributed by atoms with Crippen LogP contribution in [0.2, 0.25) is 0 Å². The number of carbonyl (C=O) groups is 2. The van der Waals surface area contributed by atoms with E-state index in [1.54, 1.807) is 0 Å². The number of nitrogens with one attached hydrogen (secondary N) is 2. The molecule has 0 radical (unpaired) electrons. The van der Waals surface area contributed by atoms with Gasteiger partial charge in [0, 0.05) is 19.6 Å². The highest BCUT2D eigenvalue weighted by Gasteiger charge is 2.35. The van der Waals surface area contributed by atoms with Crippen LogP contribution in [0.3, 0.4) is 0 Å².